The van der Waals surface area contributed by atoms with Gasteiger partial charge in [-0.15, -0.1) is 0 Å². The highest BCUT2D eigenvalue weighted by atomic mass is 35.5. The molecule has 0 bridgehead atoms. The minimum Gasteiger partial charge on any atom is -0.494 e. The van der Waals surface area contributed by atoms with E-state index in [4.69, 9.17) is 16.3 Å². The van der Waals surface area contributed by atoms with Crippen LogP contribution in [0.15, 0.2) is 48.0 Å². The van der Waals surface area contributed by atoms with Crippen LogP contribution < -0.4 is 15.0 Å². The summed E-state index contributed by atoms with van der Waals surface area (Å²) in [5.74, 6) is -0.840. The van der Waals surface area contributed by atoms with Crippen LogP contribution in [0.25, 0.3) is 6.08 Å². The zero-order chi connectivity index (χ0) is 19.6. The van der Waals surface area contributed by atoms with Crippen molar-refractivity contribution in [3.8, 4) is 5.75 Å². The lowest BCUT2D eigenvalue weighted by atomic mass is 10.1. The molecule has 6 nitrogen and oxygen atoms in total. The largest absolute Gasteiger partial charge is 0.494 e. The Morgan fingerprint density at radius 2 is 1.89 bits per heavy atom. The van der Waals surface area contributed by atoms with E-state index in [0.717, 1.165) is 4.90 Å². The smallest absolute Gasteiger partial charge is 0.335 e. The van der Waals surface area contributed by atoms with E-state index >= 15 is 0 Å². The van der Waals surface area contributed by atoms with Gasteiger partial charge in [0, 0.05) is 5.02 Å². The third-order valence-electron chi connectivity index (χ3n) is 4.06. The SMILES string of the molecule is CCOc1cccc(/C=C2\C(=O)NC(=O)N(c3cccc(Cl)c3C)C2=O)c1. The molecule has 0 atom stereocenters. The number of benzene rings is 2. The number of amides is 4. The number of carbonyl (C=O) groups excluding carboxylic acids is 3. The number of anilines is 1. The number of carbonyl (C=O) groups is 3. The lowest BCUT2D eigenvalue weighted by Gasteiger charge is -2.27. The van der Waals surface area contributed by atoms with Gasteiger partial charge in [0.1, 0.15) is 11.3 Å². The van der Waals surface area contributed by atoms with Gasteiger partial charge in [-0.25, -0.2) is 9.69 Å². The van der Waals surface area contributed by atoms with E-state index in [-0.39, 0.29) is 5.57 Å². The summed E-state index contributed by atoms with van der Waals surface area (Å²) in [5, 5.41) is 2.62. The van der Waals surface area contributed by atoms with Crippen molar-refractivity contribution >= 4 is 41.2 Å². The fourth-order valence-corrected chi connectivity index (χ4v) is 2.91. The predicted octanol–water partition coefficient (Wildman–Crippen LogP) is 3.71. The van der Waals surface area contributed by atoms with E-state index in [1.165, 1.54) is 6.08 Å². The minimum absolute atomic E-state index is 0.150. The van der Waals surface area contributed by atoms with E-state index in [1.807, 2.05) is 6.92 Å². The molecule has 7 heteroatoms. The summed E-state index contributed by atoms with van der Waals surface area (Å²) in [6.07, 6.45) is 1.43. The van der Waals surface area contributed by atoms with Crippen LogP contribution in [-0.4, -0.2) is 24.5 Å². The van der Waals surface area contributed by atoms with Gasteiger partial charge in [0.25, 0.3) is 11.8 Å². The second-order valence-corrected chi connectivity index (χ2v) is 6.25. The molecule has 1 fully saturated rings. The van der Waals surface area contributed by atoms with Crippen LogP contribution in [0.2, 0.25) is 5.02 Å². The summed E-state index contributed by atoms with van der Waals surface area (Å²) in [7, 11) is 0. The van der Waals surface area contributed by atoms with Crippen molar-refractivity contribution < 1.29 is 19.1 Å². The summed E-state index contributed by atoms with van der Waals surface area (Å²) >= 11 is 6.11. The second-order valence-electron chi connectivity index (χ2n) is 5.85. The van der Waals surface area contributed by atoms with Crippen LogP contribution >= 0.6 is 11.6 Å². The maximum absolute atomic E-state index is 12.9. The van der Waals surface area contributed by atoms with E-state index in [0.29, 0.717) is 34.2 Å². The number of hydrogen-bond donors (Lipinski definition) is 1. The highest BCUT2D eigenvalue weighted by Crippen LogP contribution is 2.29. The number of hydrogen-bond acceptors (Lipinski definition) is 4. The molecule has 1 aliphatic rings. The molecule has 1 saturated heterocycles. The van der Waals surface area contributed by atoms with Gasteiger partial charge in [-0.1, -0.05) is 29.8 Å². The number of nitrogens with zero attached hydrogens (tertiary/aromatic N) is 1. The van der Waals surface area contributed by atoms with Gasteiger partial charge in [0.15, 0.2) is 0 Å². The molecule has 0 saturated carbocycles. The number of urea groups is 1. The van der Waals surface area contributed by atoms with E-state index < -0.39 is 17.8 Å². The zero-order valence-corrected chi connectivity index (χ0v) is 15.5. The first kappa shape index (κ1) is 18.7. The monoisotopic (exact) mass is 384 g/mol. The van der Waals surface area contributed by atoms with Crippen LogP contribution in [0.4, 0.5) is 10.5 Å². The van der Waals surface area contributed by atoms with Gasteiger partial charge in [-0.2, -0.15) is 0 Å². The molecule has 0 radical (unpaired) electrons. The third-order valence-corrected chi connectivity index (χ3v) is 4.47. The highest BCUT2D eigenvalue weighted by Gasteiger charge is 2.37. The standard InChI is InChI=1S/C20H17ClN2O4/c1-3-27-14-7-4-6-13(10-14)11-15-18(24)22-20(26)23(19(15)25)17-9-5-8-16(21)12(17)2/h4-11H,3H2,1-2H3,(H,22,24,26)/b15-11+. The van der Waals surface area contributed by atoms with Gasteiger partial charge in [0.2, 0.25) is 0 Å². The molecular weight excluding hydrogens is 368 g/mol. The first-order chi connectivity index (χ1) is 12.9. The van der Waals surface area contributed by atoms with Gasteiger partial charge >= 0.3 is 6.03 Å². The lowest BCUT2D eigenvalue weighted by molar-refractivity contribution is -0.122. The number of nitrogens with one attached hydrogen (secondary N) is 1. The van der Waals surface area contributed by atoms with Crippen molar-refractivity contribution in [3.63, 3.8) is 0 Å². The van der Waals surface area contributed by atoms with Crippen LogP contribution in [0.1, 0.15) is 18.1 Å². The van der Waals surface area contributed by atoms with E-state index in [9.17, 15) is 14.4 Å². The van der Waals surface area contributed by atoms with Crippen molar-refractivity contribution in [2.45, 2.75) is 13.8 Å². The van der Waals surface area contributed by atoms with Crippen molar-refractivity contribution in [2.75, 3.05) is 11.5 Å². The van der Waals surface area contributed by atoms with Gasteiger partial charge < -0.3 is 4.74 Å². The molecule has 1 N–H and O–H groups in total. The third kappa shape index (κ3) is 3.71. The Morgan fingerprint density at radius 1 is 1.15 bits per heavy atom. The van der Waals surface area contributed by atoms with Crippen molar-refractivity contribution in [1.29, 1.82) is 0 Å². The quantitative estimate of drug-likeness (QED) is 0.644. The van der Waals surface area contributed by atoms with Crippen LogP contribution in [0.5, 0.6) is 5.75 Å². The zero-order valence-electron chi connectivity index (χ0n) is 14.8. The molecule has 27 heavy (non-hydrogen) atoms. The van der Waals surface area contributed by atoms with Gasteiger partial charge in [0.05, 0.1) is 12.3 Å². The molecule has 4 amide bonds. The van der Waals surface area contributed by atoms with Gasteiger partial charge in [-0.05, 0) is 55.3 Å². The topological polar surface area (TPSA) is 75.7 Å². The fraction of sp³-hybridized carbons (Fsp3) is 0.150. The number of halogens is 1. The number of ether oxygens (including phenoxy) is 1. The molecule has 1 heterocycles. The summed E-state index contributed by atoms with van der Waals surface area (Å²) in [6.45, 7) is 4.05. The normalized spacial score (nSPS) is 15.9. The molecule has 0 aromatic heterocycles. The summed E-state index contributed by atoms with van der Waals surface area (Å²) < 4.78 is 5.43. The average molecular weight is 385 g/mol. The minimum atomic E-state index is -0.810. The second kappa shape index (κ2) is 7.63. The molecule has 2 aromatic carbocycles. The van der Waals surface area contributed by atoms with Crippen molar-refractivity contribution in [2.24, 2.45) is 0 Å². The van der Waals surface area contributed by atoms with E-state index in [2.05, 4.69) is 5.32 Å². The summed E-state index contributed by atoms with van der Waals surface area (Å²) in [4.78, 5) is 38.4. The first-order valence-electron chi connectivity index (χ1n) is 8.31. The molecule has 2 aromatic rings. The lowest BCUT2D eigenvalue weighted by Crippen LogP contribution is -2.54. The number of barbiturate groups is 1. The molecule has 0 unspecified atom stereocenters. The Kier molecular flexibility index (Phi) is 5.28. The predicted molar refractivity (Wildman–Crippen MR) is 103 cm³/mol. The van der Waals surface area contributed by atoms with E-state index in [1.54, 1.807) is 49.4 Å². The molecule has 0 spiro atoms. The molecule has 0 aliphatic carbocycles. The van der Waals surface area contributed by atoms with Crippen molar-refractivity contribution in [3.05, 3.63) is 64.2 Å². The fourth-order valence-electron chi connectivity index (χ4n) is 2.74. The van der Waals surface area contributed by atoms with Crippen molar-refractivity contribution in [1.82, 2.24) is 5.32 Å². The molecule has 1 aliphatic heterocycles. The first-order valence-corrected chi connectivity index (χ1v) is 8.69. The summed E-state index contributed by atoms with van der Waals surface area (Å²) in [6, 6.07) is 11.1. The maximum Gasteiger partial charge on any atom is 0.335 e. The van der Waals surface area contributed by atoms with Gasteiger partial charge in [-0.3, -0.25) is 14.9 Å². The maximum atomic E-state index is 12.9. The Bertz CT molecular complexity index is 968. The molecular formula is C20H17ClN2O4. The Labute approximate surface area is 161 Å². The average Bonchev–Trinajstić information content (AvgIpc) is 2.63. The Morgan fingerprint density at radius 3 is 2.63 bits per heavy atom. The Hall–Kier alpha value is -3.12. The molecule has 138 valence electrons. The van der Waals surface area contributed by atoms with Crippen LogP contribution in [0, 0.1) is 6.92 Å². The van der Waals surface area contributed by atoms with Crippen LogP contribution in [0.3, 0.4) is 0 Å². The highest BCUT2D eigenvalue weighted by molar-refractivity contribution is 6.39. The Balaban J connectivity index is 2.02. The molecule has 3 rings (SSSR count). The number of rotatable bonds is 4. The summed E-state index contributed by atoms with van der Waals surface area (Å²) in [5.41, 5.74) is 1.35. The van der Waals surface area contributed by atoms with Crippen LogP contribution in [-0.2, 0) is 9.59 Å². The number of imide groups is 2.